The lowest BCUT2D eigenvalue weighted by molar-refractivity contribution is -0.131. The Bertz CT molecular complexity index is 794. The molecule has 1 aliphatic rings. The van der Waals surface area contributed by atoms with Crippen molar-refractivity contribution in [2.45, 2.75) is 57.4 Å². The van der Waals surface area contributed by atoms with Gasteiger partial charge < -0.3 is 25.9 Å². The summed E-state index contributed by atoms with van der Waals surface area (Å²) in [5, 5.41) is 8.82. The first kappa shape index (κ1) is 23.8. The number of amides is 2. The molecule has 2 amide bonds. The summed E-state index contributed by atoms with van der Waals surface area (Å²) in [6, 6.07) is 7.43. The molecule has 0 radical (unpaired) electrons. The number of carbonyl (C=O) groups is 3. The summed E-state index contributed by atoms with van der Waals surface area (Å²) in [5.41, 5.74) is 6.23. The maximum absolute atomic E-state index is 12.8. The highest BCUT2D eigenvalue weighted by Gasteiger charge is 2.36. The smallest absolute Gasteiger partial charge is 0.408 e. The standard InChI is InChI=1S/C20H27BrN4O5/c1-20(2,3)29-19(28)23-11-14(26)17(15-10-16(21)25-30-15)24-18(27)13(22)9-12-7-5-4-6-8-12/h4-8,13,15,17H,9-11,22H2,1-3H3,(H,23,28)(H,24,27)/t13-,15?,17?/m0/s1. The molecule has 0 fully saturated rings. The number of oxime groups is 1. The molecule has 2 unspecified atom stereocenters. The van der Waals surface area contributed by atoms with Crippen LogP contribution in [0.15, 0.2) is 35.5 Å². The lowest BCUT2D eigenvalue weighted by atomic mass is 10.0. The van der Waals surface area contributed by atoms with Gasteiger partial charge in [-0.05, 0) is 48.7 Å². The normalized spacial score (nSPS) is 17.9. The number of carbonyl (C=O) groups excluding carboxylic acids is 3. The molecule has 0 spiro atoms. The average molecular weight is 483 g/mol. The molecule has 2 rings (SSSR count). The summed E-state index contributed by atoms with van der Waals surface area (Å²) in [4.78, 5) is 42.5. The second-order valence-electron chi connectivity index (χ2n) is 7.92. The molecule has 4 N–H and O–H groups in total. The van der Waals surface area contributed by atoms with E-state index in [2.05, 4.69) is 31.7 Å². The molecule has 1 aromatic rings. The molecule has 1 heterocycles. The van der Waals surface area contributed by atoms with Gasteiger partial charge in [-0.1, -0.05) is 35.5 Å². The molecule has 9 nitrogen and oxygen atoms in total. The van der Waals surface area contributed by atoms with Gasteiger partial charge >= 0.3 is 6.09 Å². The Morgan fingerprint density at radius 3 is 2.53 bits per heavy atom. The summed E-state index contributed by atoms with van der Waals surface area (Å²) in [6.07, 6.45) is -0.821. The molecule has 164 valence electrons. The van der Waals surface area contributed by atoms with Crippen molar-refractivity contribution in [3.63, 3.8) is 0 Å². The van der Waals surface area contributed by atoms with Gasteiger partial charge in [-0.2, -0.15) is 0 Å². The van der Waals surface area contributed by atoms with Crippen LogP contribution in [0.4, 0.5) is 4.79 Å². The van der Waals surface area contributed by atoms with E-state index < -0.39 is 41.6 Å². The van der Waals surface area contributed by atoms with Crippen LogP contribution in [0, 0.1) is 0 Å². The fourth-order valence-corrected chi connectivity index (χ4v) is 3.13. The maximum Gasteiger partial charge on any atom is 0.408 e. The Morgan fingerprint density at radius 2 is 1.97 bits per heavy atom. The first-order valence-electron chi connectivity index (χ1n) is 9.53. The van der Waals surface area contributed by atoms with Crippen LogP contribution in [0.3, 0.4) is 0 Å². The molecule has 1 aromatic carbocycles. The zero-order chi connectivity index (χ0) is 22.3. The van der Waals surface area contributed by atoms with Crippen LogP contribution in [0.1, 0.15) is 32.8 Å². The summed E-state index contributed by atoms with van der Waals surface area (Å²) in [5.74, 6) is -0.954. The highest BCUT2D eigenvalue weighted by Crippen LogP contribution is 2.18. The molecule has 0 bridgehead atoms. The largest absolute Gasteiger partial charge is 0.444 e. The quantitative estimate of drug-likeness (QED) is 0.515. The van der Waals surface area contributed by atoms with Crippen molar-refractivity contribution in [2.24, 2.45) is 10.9 Å². The van der Waals surface area contributed by atoms with Crippen molar-refractivity contribution < 1.29 is 24.0 Å². The van der Waals surface area contributed by atoms with E-state index in [0.717, 1.165) is 5.56 Å². The Kier molecular flexibility index (Phi) is 8.36. The third-order valence-corrected chi connectivity index (χ3v) is 4.58. The van der Waals surface area contributed by atoms with Crippen molar-refractivity contribution in [3.05, 3.63) is 35.9 Å². The number of hydrogen-bond acceptors (Lipinski definition) is 7. The predicted octanol–water partition coefficient (Wildman–Crippen LogP) is 1.63. The molecule has 30 heavy (non-hydrogen) atoms. The number of rotatable bonds is 8. The lowest BCUT2D eigenvalue weighted by Gasteiger charge is -2.24. The van der Waals surface area contributed by atoms with E-state index in [4.69, 9.17) is 15.3 Å². The number of ether oxygens (including phenoxy) is 1. The second kappa shape index (κ2) is 10.5. The van der Waals surface area contributed by atoms with E-state index in [-0.39, 0.29) is 6.54 Å². The monoisotopic (exact) mass is 482 g/mol. The summed E-state index contributed by atoms with van der Waals surface area (Å²) in [6.45, 7) is 4.80. The van der Waals surface area contributed by atoms with Crippen LogP contribution in [0.5, 0.6) is 0 Å². The molecule has 0 saturated heterocycles. The van der Waals surface area contributed by atoms with Crippen LogP contribution < -0.4 is 16.4 Å². The van der Waals surface area contributed by atoms with E-state index >= 15 is 0 Å². The number of alkyl carbamates (subject to hydrolysis) is 1. The first-order valence-corrected chi connectivity index (χ1v) is 10.3. The van der Waals surface area contributed by atoms with Gasteiger partial charge in [0.25, 0.3) is 0 Å². The Morgan fingerprint density at radius 1 is 1.30 bits per heavy atom. The third-order valence-electron chi connectivity index (χ3n) is 4.11. The van der Waals surface area contributed by atoms with E-state index in [1.54, 1.807) is 20.8 Å². The summed E-state index contributed by atoms with van der Waals surface area (Å²) in [7, 11) is 0. The first-order chi connectivity index (χ1) is 14.0. The van der Waals surface area contributed by atoms with E-state index in [9.17, 15) is 14.4 Å². The molecule has 0 saturated carbocycles. The van der Waals surface area contributed by atoms with Crippen LogP contribution >= 0.6 is 15.9 Å². The Hall–Kier alpha value is -2.46. The van der Waals surface area contributed by atoms with Crippen LogP contribution in [-0.4, -0.2) is 52.7 Å². The number of nitrogens with two attached hydrogens (primary N) is 1. The average Bonchev–Trinajstić information content (AvgIpc) is 3.09. The molecular weight excluding hydrogens is 456 g/mol. The van der Waals surface area contributed by atoms with Crippen LogP contribution in [0.2, 0.25) is 0 Å². The minimum Gasteiger partial charge on any atom is -0.444 e. The maximum atomic E-state index is 12.8. The van der Waals surface area contributed by atoms with Crippen LogP contribution in [-0.2, 0) is 25.6 Å². The van der Waals surface area contributed by atoms with Crippen molar-refractivity contribution in [3.8, 4) is 0 Å². The number of nitrogens with one attached hydrogen (secondary N) is 2. The zero-order valence-electron chi connectivity index (χ0n) is 17.2. The van der Waals surface area contributed by atoms with Crippen molar-refractivity contribution >= 4 is 38.3 Å². The molecule has 3 atom stereocenters. The Labute approximate surface area is 183 Å². The van der Waals surface area contributed by atoms with E-state index in [0.29, 0.717) is 17.5 Å². The zero-order valence-corrected chi connectivity index (χ0v) is 18.8. The summed E-state index contributed by atoms with van der Waals surface area (Å²) >= 11 is 3.22. The predicted molar refractivity (Wildman–Crippen MR) is 115 cm³/mol. The van der Waals surface area contributed by atoms with E-state index in [1.807, 2.05) is 30.3 Å². The second-order valence-corrected chi connectivity index (χ2v) is 8.84. The minimum absolute atomic E-state index is 0.303. The third kappa shape index (κ3) is 7.75. The lowest BCUT2D eigenvalue weighted by Crippen LogP contribution is -2.56. The highest BCUT2D eigenvalue weighted by molar-refractivity contribution is 9.18. The number of nitrogens with zero attached hydrogens (tertiary/aromatic N) is 1. The molecule has 10 heteroatoms. The number of benzene rings is 1. The van der Waals surface area contributed by atoms with Gasteiger partial charge in [0, 0.05) is 6.42 Å². The van der Waals surface area contributed by atoms with E-state index in [1.165, 1.54) is 0 Å². The van der Waals surface area contributed by atoms with Gasteiger partial charge in [-0.15, -0.1) is 0 Å². The fourth-order valence-electron chi connectivity index (χ4n) is 2.73. The number of halogens is 1. The topological polar surface area (TPSA) is 132 Å². The van der Waals surface area contributed by atoms with Gasteiger partial charge in [0.05, 0.1) is 12.6 Å². The number of hydrogen-bond donors (Lipinski definition) is 3. The molecule has 0 aromatic heterocycles. The van der Waals surface area contributed by atoms with Gasteiger partial charge in [-0.25, -0.2) is 4.79 Å². The van der Waals surface area contributed by atoms with Gasteiger partial charge in [0.1, 0.15) is 16.3 Å². The van der Waals surface area contributed by atoms with Gasteiger partial charge in [-0.3, -0.25) is 9.59 Å². The van der Waals surface area contributed by atoms with Gasteiger partial charge in [0.15, 0.2) is 11.9 Å². The van der Waals surface area contributed by atoms with Crippen molar-refractivity contribution in [2.75, 3.05) is 6.54 Å². The highest BCUT2D eigenvalue weighted by atomic mass is 79.9. The minimum atomic E-state index is -1.03. The van der Waals surface area contributed by atoms with Crippen molar-refractivity contribution in [1.29, 1.82) is 0 Å². The SMILES string of the molecule is CC(C)(C)OC(=O)NCC(=O)C(NC(=O)[C@@H](N)Cc1ccccc1)C1CC(Br)=NO1. The number of Topliss-reactive ketones (excluding diaryl/α,β-unsaturated/α-hetero) is 1. The molecule has 0 aliphatic carbocycles. The fraction of sp³-hybridized carbons (Fsp3) is 0.500. The Balaban J connectivity index is 1.99. The number of ketones is 1. The molecule has 1 aliphatic heterocycles. The van der Waals surface area contributed by atoms with Gasteiger partial charge in [0.2, 0.25) is 5.91 Å². The van der Waals surface area contributed by atoms with Crippen LogP contribution in [0.25, 0.3) is 0 Å². The summed E-state index contributed by atoms with van der Waals surface area (Å²) < 4.78 is 5.65. The van der Waals surface area contributed by atoms with Crippen molar-refractivity contribution in [1.82, 2.24) is 10.6 Å². The molecular formula is C20H27BrN4O5.